The van der Waals surface area contributed by atoms with E-state index in [1.807, 2.05) is 12.1 Å². The van der Waals surface area contributed by atoms with Gasteiger partial charge in [0.2, 0.25) is 0 Å². The van der Waals surface area contributed by atoms with Gasteiger partial charge in [-0.15, -0.1) is 0 Å². The van der Waals surface area contributed by atoms with Crippen molar-refractivity contribution >= 4 is 11.4 Å². The van der Waals surface area contributed by atoms with Crippen LogP contribution < -0.4 is 11.1 Å². The second kappa shape index (κ2) is 7.57. The number of nitriles is 1. The molecule has 1 aromatic rings. The highest BCUT2D eigenvalue weighted by molar-refractivity contribution is 5.62. The first-order valence-corrected chi connectivity index (χ1v) is 6.24. The van der Waals surface area contributed by atoms with Crippen LogP contribution >= 0.6 is 0 Å². The number of anilines is 2. The Morgan fingerprint density at radius 1 is 1.39 bits per heavy atom. The first-order valence-electron chi connectivity index (χ1n) is 6.24. The van der Waals surface area contributed by atoms with E-state index in [9.17, 15) is 0 Å². The van der Waals surface area contributed by atoms with E-state index in [4.69, 9.17) is 15.7 Å². The first kappa shape index (κ1) is 14.3. The standard InChI is InChI=1S/C14H21N3O/c1-11(2)5-7-18-8-6-17-13-4-3-12(10-15)14(16)9-13/h3-4,9,11,17H,5-8,16H2,1-2H3. The summed E-state index contributed by atoms with van der Waals surface area (Å²) in [5, 5.41) is 12.0. The van der Waals surface area contributed by atoms with Crippen molar-refractivity contribution in [2.24, 2.45) is 5.92 Å². The van der Waals surface area contributed by atoms with Gasteiger partial charge in [-0.1, -0.05) is 13.8 Å². The SMILES string of the molecule is CC(C)CCOCCNc1ccc(C#N)c(N)c1. The summed E-state index contributed by atoms with van der Waals surface area (Å²) < 4.78 is 5.50. The van der Waals surface area contributed by atoms with Gasteiger partial charge in [0.15, 0.2) is 0 Å². The molecule has 0 saturated heterocycles. The zero-order valence-corrected chi connectivity index (χ0v) is 11.1. The Morgan fingerprint density at radius 3 is 2.78 bits per heavy atom. The Kier molecular flexibility index (Phi) is 6.03. The van der Waals surface area contributed by atoms with Crippen LogP contribution in [0.5, 0.6) is 0 Å². The fourth-order valence-electron chi connectivity index (χ4n) is 1.46. The maximum absolute atomic E-state index is 8.76. The minimum absolute atomic E-state index is 0.503. The van der Waals surface area contributed by atoms with Crippen LogP contribution in [-0.4, -0.2) is 19.8 Å². The molecule has 0 atom stereocenters. The maximum atomic E-state index is 8.76. The van der Waals surface area contributed by atoms with Crippen LogP contribution in [0.15, 0.2) is 18.2 Å². The molecule has 0 saturated carbocycles. The van der Waals surface area contributed by atoms with Crippen molar-refractivity contribution < 1.29 is 4.74 Å². The molecule has 98 valence electrons. The summed E-state index contributed by atoms with van der Waals surface area (Å²) in [5.74, 6) is 0.677. The monoisotopic (exact) mass is 247 g/mol. The molecule has 0 bridgehead atoms. The average Bonchev–Trinajstić information content (AvgIpc) is 2.33. The molecular weight excluding hydrogens is 226 g/mol. The molecule has 0 heterocycles. The summed E-state index contributed by atoms with van der Waals surface area (Å²) in [6.07, 6.45) is 1.09. The molecule has 0 amide bonds. The van der Waals surface area contributed by atoms with Gasteiger partial charge in [-0.25, -0.2) is 0 Å². The van der Waals surface area contributed by atoms with Gasteiger partial charge in [0, 0.05) is 18.8 Å². The summed E-state index contributed by atoms with van der Waals surface area (Å²) >= 11 is 0. The molecule has 0 aliphatic carbocycles. The van der Waals surface area contributed by atoms with Crippen molar-refractivity contribution in [2.75, 3.05) is 30.8 Å². The van der Waals surface area contributed by atoms with Gasteiger partial charge in [0.1, 0.15) is 6.07 Å². The number of ether oxygens (including phenoxy) is 1. The topological polar surface area (TPSA) is 71.1 Å². The molecule has 18 heavy (non-hydrogen) atoms. The highest BCUT2D eigenvalue weighted by atomic mass is 16.5. The second-order valence-electron chi connectivity index (χ2n) is 4.64. The minimum Gasteiger partial charge on any atom is -0.398 e. The molecule has 0 radical (unpaired) electrons. The third-order valence-corrected chi connectivity index (χ3v) is 2.59. The molecule has 0 unspecified atom stereocenters. The average molecular weight is 247 g/mol. The predicted octanol–water partition coefficient (Wildman–Crippen LogP) is 2.62. The van der Waals surface area contributed by atoms with Gasteiger partial charge in [-0.05, 0) is 30.5 Å². The quantitative estimate of drug-likeness (QED) is 0.574. The Bertz CT molecular complexity index is 410. The largest absolute Gasteiger partial charge is 0.398 e. The van der Waals surface area contributed by atoms with E-state index in [1.165, 1.54) is 0 Å². The summed E-state index contributed by atoms with van der Waals surface area (Å²) in [5.41, 5.74) is 7.65. The Balaban J connectivity index is 2.24. The molecule has 0 aromatic heterocycles. The highest BCUT2D eigenvalue weighted by Gasteiger charge is 1.99. The molecule has 0 aliphatic rings. The lowest BCUT2D eigenvalue weighted by atomic mass is 10.1. The molecule has 4 heteroatoms. The van der Waals surface area contributed by atoms with Crippen molar-refractivity contribution in [2.45, 2.75) is 20.3 Å². The van der Waals surface area contributed by atoms with Crippen LogP contribution in [0.4, 0.5) is 11.4 Å². The van der Waals surface area contributed by atoms with E-state index in [0.717, 1.165) is 25.3 Å². The molecular formula is C14H21N3O. The maximum Gasteiger partial charge on any atom is 0.101 e. The van der Waals surface area contributed by atoms with E-state index < -0.39 is 0 Å². The smallest absolute Gasteiger partial charge is 0.101 e. The Morgan fingerprint density at radius 2 is 2.17 bits per heavy atom. The number of nitrogens with two attached hydrogens (primary N) is 1. The van der Waals surface area contributed by atoms with Crippen molar-refractivity contribution in [3.8, 4) is 6.07 Å². The van der Waals surface area contributed by atoms with Crippen LogP contribution in [0.2, 0.25) is 0 Å². The molecule has 1 rings (SSSR count). The lowest BCUT2D eigenvalue weighted by molar-refractivity contribution is 0.132. The van der Waals surface area contributed by atoms with Crippen LogP contribution in [0.1, 0.15) is 25.8 Å². The van der Waals surface area contributed by atoms with E-state index in [0.29, 0.717) is 23.8 Å². The van der Waals surface area contributed by atoms with Gasteiger partial charge in [-0.3, -0.25) is 0 Å². The number of hydrogen-bond acceptors (Lipinski definition) is 4. The van der Waals surface area contributed by atoms with Crippen molar-refractivity contribution in [1.29, 1.82) is 5.26 Å². The lowest BCUT2D eigenvalue weighted by Crippen LogP contribution is -2.11. The van der Waals surface area contributed by atoms with Crippen molar-refractivity contribution in [3.05, 3.63) is 23.8 Å². The molecule has 0 spiro atoms. The van der Waals surface area contributed by atoms with E-state index >= 15 is 0 Å². The number of hydrogen-bond donors (Lipinski definition) is 2. The fraction of sp³-hybridized carbons (Fsp3) is 0.500. The number of nitrogens with one attached hydrogen (secondary N) is 1. The lowest BCUT2D eigenvalue weighted by Gasteiger charge is -2.09. The molecule has 3 N–H and O–H groups in total. The number of nitrogen functional groups attached to an aromatic ring is 1. The van der Waals surface area contributed by atoms with Crippen LogP contribution in [0.3, 0.4) is 0 Å². The van der Waals surface area contributed by atoms with Gasteiger partial charge in [0.25, 0.3) is 0 Å². The number of nitrogens with zero attached hydrogens (tertiary/aromatic N) is 1. The third-order valence-electron chi connectivity index (χ3n) is 2.59. The van der Waals surface area contributed by atoms with Gasteiger partial charge >= 0.3 is 0 Å². The van der Waals surface area contributed by atoms with Gasteiger partial charge in [-0.2, -0.15) is 5.26 Å². The Hall–Kier alpha value is -1.73. The molecule has 1 aromatic carbocycles. The number of benzene rings is 1. The zero-order chi connectivity index (χ0) is 13.4. The molecule has 0 fully saturated rings. The first-order chi connectivity index (χ1) is 8.63. The predicted molar refractivity (Wildman–Crippen MR) is 74.3 cm³/mol. The van der Waals surface area contributed by atoms with Crippen molar-refractivity contribution in [1.82, 2.24) is 0 Å². The van der Waals surface area contributed by atoms with Gasteiger partial charge in [0.05, 0.1) is 17.9 Å². The van der Waals surface area contributed by atoms with Crippen molar-refractivity contribution in [3.63, 3.8) is 0 Å². The summed E-state index contributed by atoms with van der Waals surface area (Å²) in [6.45, 7) is 6.58. The van der Waals surface area contributed by atoms with Crippen LogP contribution in [-0.2, 0) is 4.74 Å². The van der Waals surface area contributed by atoms with Crippen LogP contribution in [0.25, 0.3) is 0 Å². The van der Waals surface area contributed by atoms with Gasteiger partial charge < -0.3 is 15.8 Å². The molecule has 4 nitrogen and oxygen atoms in total. The molecule has 0 aliphatic heterocycles. The normalized spacial score (nSPS) is 10.3. The minimum atomic E-state index is 0.503. The fourth-order valence-corrected chi connectivity index (χ4v) is 1.46. The van der Waals surface area contributed by atoms with E-state index in [1.54, 1.807) is 12.1 Å². The summed E-state index contributed by atoms with van der Waals surface area (Å²) in [6, 6.07) is 7.38. The van der Waals surface area contributed by atoms with Crippen LogP contribution in [0, 0.1) is 17.2 Å². The van der Waals surface area contributed by atoms with E-state index in [2.05, 4.69) is 19.2 Å². The third kappa shape index (κ3) is 5.07. The second-order valence-corrected chi connectivity index (χ2v) is 4.64. The summed E-state index contributed by atoms with van der Waals surface area (Å²) in [7, 11) is 0. The highest BCUT2D eigenvalue weighted by Crippen LogP contribution is 2.16. The zero-order valence-electron chi connectivity index (χ0n) is 11.1. The van der Waals surface area contributed by atoms with E-state index in [-0.39, 0.29) is 0 Å². The summed E-state index contributed by atoms with van der Waals surface area (Å²) in [4.78, 5) is 0. The number of rotatable bonds is 7. The Labute approximate surface area is 109 Å².